The van der Waals surface area contributed by atoms with Gasteiger partial charge in [0.25, 0.3) is 0 Å². The van der Waals surface area contributed by atoms with Crippen molar-refractivity contribution >= 4 is 13.3 Å². The molecule has 0 saturated heterocycles. The van der Waals surface area contributed by atoms with E-state index in [1.54, 1.807) is 24.6 Å². The molecule has 1 heterocycles. The molecule has 1 aromatic carbocycles. The van der Waals surface area contributed by atoms with Crippen LogP contribution in [0.5, 0.6) is 0 Å². The fourth-order valence-corrected chi connectivity index (χ4v) is 4.10. The maximum atomic E-state index is 12.9. The third kappa shape index (κ3) is 3.66. The van der Waals surface area contributed by atoms with E-state index >= 15 is 0 Å². The highest BCUT2D eigenvalue weighted by atomic mass is 28.3. The molecule has 0 saturated carbocycles. The molecular formula is C18H23F3NSi+. The van der Waals surface area contributed by atoms with Gasteiger partial charge in [0.2, 0.25) is 5.69 Å². The second kappa shape index (κ2) is 5.78. The first-order valence-electron chi connectivity index (χ1n) is 8.85. The summed E-state index contributed by atoms with van der Waals surface area (Å²) in [7, 11) is -0.129. The van der Waals surface area contributed by atoms with E-state index < -0.39 is 26.7 Å². The average molecular weight is 341 g/mol. The standard InChI is InChI=1S/C18H23F3NSi/c1-12-9-14(18(19,20)21)7-8-15(12)16-10-13(2)17(11-22(16)3)23(4,5)6/h7-11H,1-6H3/q+1/i2D3. The van der Waals surface area contributed by atoms with E-state index in [0.717, 1.165) is 17.3 Å². The van der Waals surface area contributed by atoms with Crippen molar-refractivity contribution in [3.63, 3.8) is 0 Å². The van der Waals surface area contributed by atoms with Crippen LogP contribution < -0.4 is 9.75 Å². The van der Waals surface area contributed by atoms with Gasteiger partial charge in [-0.05, 0) is 43.1 Å². The second-order valence-corrected chi connectivity index (χ2v) is 11.9. The zero-order valence-corrected chi connectivity index (χ0v) is 15.0. The number of aryl methyl sites for hydroxylation is 3. The first-order valence-corrected chi connectivity index (χ1v) is 10.9. The molecule has 0 spiro atoms. The Kier molecular flexibility index (Phi) is 3.46. The van der Waals surface area contributed by atoms with Crippen molar-refractivity contribution in [1.29, 1.82) is 0 Å². The SMILES string of the molecule is [2H]C([2H])([2H])c1cc(-c2ccc(C(F)(F)F)cc2C)[n+](C)cc1[Si](C)(C)C. The quantitative estimate of drug-likeness (QED) is 0.564. The summed E-state index contributed by atoms with van der Waals surface area (Å²) in [5.41, 5.74) is 1.20. The summed E-state index contributed by atoms with van der Waals surface area (Å²) in [6.45, 7) is 5.53. The number of hydrogen-bond acceptors (Lipinski definition) is 0. The first-order chi connectivity index (χ1) is 11.6. The molecule has 0 aliphatic rings. The molecule has 0 N–H and O–H groups in total. The molecule has 23 heavy (non-hydrogen) atoms. The number of hydrogen-bond donors (Lipinski definition) is 0. The van der Waals surface area contributed by atoms with E-state index in [-0.39, 0.29) is 5.56 Å². The molecule has 0 unspecified atom stereocenters. The molecule has 0 bridgehead atoms. The number of aromatic nitrogens is 1. The van der Waals surface area contributed by atoms with E-state index in [1.807, 2.05) is 6.20 Å². The molecule has 5 heteroatoms. The Hall–Kier alpha value is -1.62. The van der Waals surface area contributed by atoms with Gasteiger partial charge in [0.1, 0.15) is 7.05 Å². The third-order valence-corrected chi connectivity index (χ3v) is 5.93. The highest BCUT2D eigenvalue weighted by Gasteiger charge is 2.31. The van der Waals surface area contributed by atoms with Crippen LogP contribution >= 0.6 is 0 Å². The predicted molar refractivity (Wildman–Crippen MR) is 90.5 cm³/mol. The highest BCUT2D eigenvalue weighted by molar-refractivity contribution is 6.88. The minimum atomic E-state index is -4.41. The van der Waals surface area contributed by atoms with Crippen LogP contribution in [0, 0.1) is 13.8 Å². The van der Waals surface area contributed by atoms with Crippen LogP contribution in [0.1, 0.15) is 20.8 Å². The molecule has 0 aliphatic carbocycles. The van der Waals surface area contributed by atoms with Gasteiger partial charge in [-0.1, -0.05) is 19.6 Å². The lowest BCUT2D eigenvalue weighted by atomic mass is 10.0. The molecule has 124 valence electrons. The second-order valence-electron chi connectivity index (χ2n) is 6.87. The average Bonchev–Trinajstić information content (AvgIpc) is 2.44. The summed E-state index contributed by atoms with van der Waals surface area (Å²) >= 11 is 0. The van der Waals surface area contributed by atoms with Crippen molar-refractivity contribution in [3.05, 3.63) is 47.2 Å². The van der Waals surface area contributed by atoms with Crippen molar-refractivity contribution in [2.75, 3.05) is 0 Å². The number of benzene rings is 1. The van der Waals surface area contributed by atoms with E-state index in [4.69, 9.17) is 4.11 Å². The van der Waals surface area contributed by atoms with Crippen molar-refractivity contribution in [2.24, 2.45) is 7.05 Å². The monoisotopic (exact) mass is 341 g/mol. The lowest BCUT2D eigenvalue weighted by Gasteiger charge is -2.18. The molecule has 2 aromatic rings. The zero-order chi connectivity index (χ0) is 20.1. The number of rotatable bonds is 2. The molecule has 0 fully saturated rings. The van der Waals surface area contributed by atoms with Gasteiger partial charge < -0.3 is 0 Å². The molecule has 0 atom stereocenters. The van der Waals surface area contributed by atoms with Crippen LogP contribution in [0.3, 0.4) is 0 Å². The number of nitrogens with zero attached hydrogens (tertiary/aromatic N) is 1. The lowest BCUT2D eigenvalue weighted by Crippen LogP contribution is -2.46. The summed E-state index contributed by atoms with van der Waals surface area (Å²) in [4.78, 5) is 0. The fourth-order valence-electron chi connectivity index (χ4n) is 2.64. The summed E-state index contributed by atoms with van der Waals surface area (Å²) in [6, 6.07) is 5.14. The summed E-state index contributed by atoms with van der Waals surface area (Å²) < 4.78 is 64.2. The number of alkyl halides is 3. The zero-order valence-electron chi connectivity index (χ0n) is 17.0. The molecule has 1 nitrogen and oxygen atoms in total. The van der Waals surface area contributed by atoms with Crippen LogP contribution in [-0.4, -0.2) is 8.07 Å². The van der Waals surface area contributed by atoms with Crippen molar-refractivity contribution in [1.82, 2.24) is 0 Å². The molecule has 2 rings (SSSR count). The lowest BCUT2D eigenvalue weighted by molar-refractivity contribution is -0.659. The maximum absolute atomic E-state index is 12.9. The van der Waals surface area contributed by atoms with Gasteiger partial charge in [0, 0.05) is 20.9 Å². The molecule has 0 aliphatic heterocycles. The first kappa shape index (κ1) is 13.8. The Bertz CT molecular complexity index is 837. The Balaban J connectivity index is 2.72. The normalized spacial score (nSPS) is 15.0. The van der Waals surface area contributed by atoms with E-state index in [2.05, 4.69) is 19.6 Å². The van der Waals surface area contributed by atoms with Crippen molar-refractivity contribution in [3.8, 4) is 11.3 Å². The Morgan fingerprint density at radius 1 is 1.09 bits per heavy atom. The van der Waals surface area contributed by atoms with Gasteiger partial charge in [0.05, 0.1) is 13.6 Å². The highest BCUT2D eigenvalue weighted by Crippen LogP contribution is 2.32. The molecule has 0 radical (unpaired) electrons. The van der Waals surface area contributed by atoms with Crippen LogP contribution in [-0.2, 0) is 13.2 Å². The molecule has 0 amide bonds. The summed E-state index contributed by atoms with van der Waals surface area (Å²) in [5, 5.41) is 0.827. The van der Waals surface area contributed by atoms with Gasteiger partial charge in [0.15, 0.2) is 6.20 Å². The van der Waals surface area contributed by atoms with E-state index in [9.17, 15) is 13.2 Å². The minimum absolute atomic E-state index is 0.282. The van der Waals surface area contributed by atoms with Crippen LogP contribution in [0.25, 0.3) is 11.3 Å². The minimum Gasteiger partial charge on any atom is -0.201 e. The topological polar surface area (TPSA) is 3.88 Å². The van der Waals surface area contributed by atoms with Gasteiger partial charge in [-0.25, -0.2) is 4.57 Å². The Morgan fingerprint density at radius 2 is 1.74 bits per heavy atom. The summed E-state index contributed by atoms with van der Waals surface area (Å²) in [6.07, 6.45) is -2.59. The van der Waals surface area contributed by atoms with Crippen molar-refractivity contribution in [2.45, 2.75) is 39.6 Å². The maximum Gasteiger partial charge on any atom is 0.416 e. The van der Waals surface area contributed by atoms with E-state index in [1.165, 1.54) is 6.07 Å². The number of pyridine rings is 1. The summed E-state index contributed by atoms with van der Waals surface area (Å²) in [5.74, 6) is 0. The third-order valence-electron chi connectivity index (χ3n) is 3.91. The molecular weight excluding hydrogens is 315 g/mol. The number of halogens is 3. The van der Waals surface area contributed by atoms with Gasteiger partial charge in [-0.2, -0.15) is 13.2 Å². The Morgan fingerprint density at radius 3 is 2.22 bits per heavy atom. The largest absolute Gasteiger partial charge is 0.416 e. The van der Waals surface area contributed by atoms with Gasteiger partial charge >= 0.3 is 6.18 Å². The van der Waals surface area contributed by atoms with E-state index in [0.29, 0.717) is 16.8 Å². The van der Waals surface area contributed by atoms with Crippen molar-refractivity contribution < 1.29 is 21.9 Å². The van der Waals surface area contributed by atoms with Gasteiger partial charge in [-0.3, -0.25) is 0 Å². The molecule has 1 aromatic heterocycles. The van der Waals surface area contributed by atoms with Crippen LogP contribution in [0.4, 0.5) is 13.2 Å². The predicted octanol–water partition coefficient (Wildman–Crippen LogP) is 4.36. The van der Waals surface area contributed by atoms with Crippen LogP contribution in [0.2, 0.25) is 19.6 Å². The fraction of sp³-hybridized carbons (Fsp3) is 0.389. The Labute approximate surface area is 141 Å². The van der Waals surface area contributed by atoms with Gasteiger partial charge in [-0.15, -0.1) is 0 Å². The smallest absolute Gasteiger partial charge is 0.201 e. The van der Waals surface area contributed by atoms with Crippen LogP contribution in [0.15, 0.2) is 30.5 Å².